The average Bonchev–Trinajstić information content (AvgIpc) is 3.37. The second kappa shape index (κ2) is 7.42. The molecular formula is C21H22N6O3. The van der Waals surface area contributed by atoms with E-state index in [0.29, 0.717) is 22.8 Å². The zero-order chi connectivity index (χ0) is 20.7. The van der Waals surface area contributed by atoms with Gasteiger partial charge in [0.15, 0.2) is 11.5 Å². The molecule has 30 heavy (non-hydrogen) atoms. The van der Waals surface area contributed by atoms with E-state index >= 15 is 0 Å². The molecular weight excluding hydrogens is 384 g/mol. The minimum absolute atomic E-state index is 0.212. The third-order valence-electron chi connectivity index (χ3n) is 5.65. The van der Waals surface area contributed by atoms with Crippen molar-refractivity contribution in [1.82, 2.24) is 24.4 Å². The Morgan fingerprint density at radius 1 is 1.27 bits per heavy atom. The fourth-order valence-corrected chi connectivity index (χ4v) is 4.03. The smallest absolute Gasteiger partial charge is 0.260 e. The summed E-state index contributed by atoms with van der Waals surface area (Å²) in [6.07, 6.45) is 8.30. The van der Waals surface area contributed by atoms with Gasteiger partial charge in [-0.2, -0.15) is 14.7 Å². The summed E-state index contributed by atoms with van der Waals surface area (Å²) in [5.74, 6) is 0.620. The monoisotopic (exact) mass is 406 g/mol. The van der Waals surface area contributed by atoms with E-state index in [1.807, 2.05) is 16.9 Å². The molecule has 4 aromatic rings. The lowest BCUT2D eigenvalue weighted by molar-refractivity contribution is 0.102. The van der Waals surface area contributed by atoms with Gasteiger partial charge in [0.2, 0.25) is 0 Å². The van der Waals surface area contributed by atoms with Gasteiger partial charge in [-0.3, -0.25) is 9.48 Å². The number of ether oxygens (including phenoxy) is 1. The van der Waals surface area contributed by atoms with Gasteiger partial charge in [0.25, 0.3) is 5.91 Å². The number of amides is 1. The first kappa shape index (κ1) is 18.6. The van der Waals surface area contributed by atoms with Crippen LogP contribution in [0, 0.1) is 0 Å². The van der Waals surface area contributed by atoms with Crippen LogP contribution in [-0.4, -0.2) is 48.6 Å². The van der Waals surface area contributed by atoms with Crippen LogP contribution in [0.15, 0.2) is 42.9 Å². The molecule has 1 fully saturated rings. The van der Waals surface area contributed by atoms with Crippen molar-refractivity contribution in [3.05, 3.63) is 48.4 Å². The van der Waals surface area contributed by atoms with Crippen LogP contribution in [0.2, 0.25) is 0 Å². The highest BCUT2D eigenvalue weighted by Crippen LogP contribution is 2.31. The summed E-state index contributed by atoms with van der Waals surface area (Å²) in [7, 11) is 1.53. The second-order valence-corrected chi connectivity index (χ2v) is 7.57. The quantitative estimate of drug-likeness (QED) is 0.540. The Balaban J connectivity index is 1.46. The number of benzene rings is 1. The Kier molecular flexibility index (Phi) is 4.59. The number of carbonyl (C=O) groups is 1. The minimum atomic E-state index is -0.310. The summed E-state index contributed by atoms with van der Waals surface area (Å²) in [5.41, 5.74) is 1.83. The Labute approximate surface area is 172 Å². The highest BCUT2D eigenvalue weighted by Gasteiger charge is 2.23. The second-order valence-electron chi connectivity index (χ2n) is 7.57. The van der Waals surface area contributed by atoms with Gasteiger partial charge in [-0.1, -0.05) is 0 Å². The van der Waals surface area contributed by atoms with Crippen LogP contribution in [0.1, 0.15) is 42.1 Å². The molecule has 0 radical (unpaired) electrons. The number of rotatable bonds is 4. The van der Waals surface area contributed by atoms with Crippen molar-refractivity contribution in [2.24, 2.45) is 0 Å². The van der Waals surface area contributed by atoms with Crippen LogP contribution in [0.5, 0.6) is 5.75 Å². The molecule has 1 aliphatic carbocycles. The number of hydrogen-bond acceptors (Lipinski definition) is 6. The summed E-state index contributed by atoms with van der Waals surface area (Å²) in [4.78, 5) is 17.3. The van der Waals surface area contributed by atoms with E-state index in [1.54, 1.807) is 35.1 Å². The fourth-order valence-electron chi connectivity index (χ4n) is 4.03. The number of nitrogens with zero attached hydrogens (tertiary/aromatic N) is 5. The molecule has 0 atom stereocenters. The first-order valence-electron chi connectivity index (χ1n) is 9.97. The number of aromatic nitrogens is 5. The zero-order valence-corrected chi connectivity index (χ0v) is 16.5. The molecule has 9 nitrogen and oxygen atoms in total. The zero-order valence-electron chi connectivity index (χ0n) is 16.5. The molecule has 1 aliphatic rings. The number of imidazole rings is 1. The summed E-state index contributed by atoms with van der Waals surface area (Å²) < 4.78 is 8.99. The topological polar surface area (TPSA) is 107 Å². The van der Waals surface area contributed by atoms with Crippen molar-refractivity contribution in [2.45, 2.75) is 37.8 Å². The molecule has 0 aliphatic heterocycles. The summed E-state index contributed by atoms with van der Waals surface area (Å²) in [6.45, 7) is 0. The molecule has 0 unspecified atom stereocenters. The lowest BCUT2D eigenvalue weighted by atomic mass is 9.93. The molecule has 3 heterocycles. The number of fused-ring (bicyclic) bond motifs is 2. The predicted molar refractivity (Wildman–Crippen MR) is 111 cm³/mol. The van der Waals surface area contributed by atoms with Crippen molar-refractivity contribution in [3.63, 3.8) is 0 Å². The third-order valence-corrected chi connectivity index (χ3v) is 5.65. The number of methoxy groups -OCH3 is 1. The van der Waals surface area contributed by atoms with Gasteiger partial charge in [0, 0.05) is 23.8 Å². The Hall–Kier alpha value is -3.46. The van der Waals surface area contributed by atoms with Gasteiger partial charge in [0.05, 0.1) is 36.5 Å². The molecule has 2 N–H and O–H groups in total. The van der Waals surface area contributed by atoms with Crippen molar-refractivity contribution in [1.29, 1.82) is 0 Å². The standard InChI is InChI=1S/C21H22N6O3/c1-30-18-10-17-13(12-26(25-17)14-4-6-15(28)7-5-14)9-16(18)21(29)24-20-11-22-19-3-2-8-23-27(19)20/h2-3,8-12,14-15,28H,4-7H2,1H3,(H,24,29)/t14-,15+. The summed E-state index contributed by atoms with van der Waals surface area (Å²) in [6, 6.07) is 7.43. The van der Waals surface area contributed by atoms with E-state index < -0.39 is 0 Å². The maximum Gasteiger partial charge on any atom is 0.260 e. The normalized spacial score (nSPS) is 19.3. The van der Waals surface area contributed by atoms with Gasteiger partial charge in [-0.25, -0.2) is 4.98 Å². The van der Waals surface area contributed by atoms with Gasteiger partial charge in [0.1, 0.15) is 5.75 Å². The number of nitrogens with one attached hydrogen (secondary N) is 1. The van der Waals surface area contributed by atoms with E-state index in [2.05, 4.69) is 20.5 Å². The van der Waals surface area contributed by atoms with Crippen LogP contribution in [-0.2, 0) is 0 Å². The number of carbonyl (C=O) groups excluding carboxylic acids is 1. The van der Waals surface area contributed by atoms with Crippen molar-refractivity contribution in [2.75, 3.05) is 12.4 Å². The average molecular weight is 406 g/mol. The minimum Gasteiger partial charge on any atom is -0.496 e. The Morgan fingerprint density at radius 2 is 2.10 bits per heavy atom. The van der Waals surface area contributed by atoms with Gasteiger partial charge in [-0.15, -0.1) is 0 Å². The van der Waals surface area contributed by atoms with Crippen LogP contribution in [0.3, 0.4) is 0 Å². The molecule has 154 valence electrons. The van der Waals surface area contributed by atoms with Gasteiger partial charge < -0.3 is 15.2 Å². The Morgan fingerprint density at radius 3 is 2.90 bits per heavy atom. The molecule has 0 saturated heterocycles. The first-order chi connectivity index (χ1) is 14.6. The molecule has 1 aromatic carbocycles. The first-order valence-corrected chi connectivity index (χ1v) is 9.97. The van der Waals surface area contributed by atoms with E-state index in [1.165, 1.54) is 7.11 Å². The SMILES string of the molecule is COc1cc2nn([C@H]3CC[C@@H](O)CC3)cc2cc1C(=O)Nc1cnc2cccnn12. The maximum atomic E-state index is 13.0. The van der Waals surface area contributed by atoms with Crippen molar-refractivity contribution in [3.8, 4) is 5.75 Å². The van der Waals surface area contributed by atoms with Crippen molar-refractivity contribution >= 4 is 28.3 Å². The highest BCUT2D eigenvalue weighted by molar-refractivity contribution is 6.08. The van der Waals surface area contributed by atoms with Gasteiger partial charge in [-0.05, 0) is 43.9 Å². The van der Waals surface area contributed by atoms with Gasteiger partial charge >= 0.3 is 0 Å². The van der Waals surface area contributed by atoms with E-state index in [9.17, 15) is 9.90 Å². The maximum absolute atomic E-state index is 13.0. The summed E-state index contributed by atoms with van der Waals surface area (Å²) in [5, 5.41) is 22.4. The van der Waals surface area contributed by atoms with E-state index in [4.69, 9.17) is 4.74 Å². The Bertz CT molecular complexity index is 1220. The van der Waals surface area contributed by atoms with E-state index in [-0.39, 0.29) is 18.1 Å². The number of aliphatic hydroxyl groups excluding tert-OH is 1. The third kappa shape index (κ3) is 3.26. The lowest BCUT2D eigenvalue weighted by Gasteiger charge is -2.25. The van der Waals surface area contributed by atoms with Crippen LogP contribution in [0.25, 0.3) is 16.6 Å². The van der Waals surface area contributed by atoms with Crippen LogP contribution < -0.4 is 10.1 Å². The predicted octanol–water partition coefficient (Wildman–Crippen LogP) is 2.82. The summed E-state index contributed by atoms with van der Waals surface area (Å²) >= 11 is 0. The molecule has 1 amide bonds. The molecule has 9 heteroatoms. The lowest BCUT2D eigenvalue weighted by Crippen LogP contribution is -2.21. The molecule has 0 bridgehead atoms. The van der Waals surface area contributed by atoms with Crippen molar-refractivity contribution < 1.29 is 14.6 Å². The van der Waals surface area contributed by atoms with E-state index in [0.717, 1.165) is 36.6 Å². The van der Waals surface area contributed by atoms with Crippen LogP contribution >= 0.6 is 0 Å². The molecule has 1 saturated carbocycles. The molecule has 3 aromatic heterocycles. The number of anilines is 1. The highest BCUT2D eigenvalue weighted by atomic mass is 16.5. The largest absolute Gasteiger partial charge is 0.496 e. The number of aliphatic hydroxyl groups is 1. The molecule has 0 spiro atoms. The fraction of sp³-hybridized carbons (Fsp3) is 0.333. The molecule has 5 rings (SSSR count). The van der Waals surface area contributed by atoms with Crippen LogP contribution in [0.4, 0.5) is 5.82 Å². The number of hydrogen-bond donors (Lipinski definition) is 2.